The summed E-state index contributed by atoms with van der Waals surface area (Å²) in [7, 11) is 0. The van der Waals surface area contributed by atoms with Gasteiger partial charge in [0.2, 0.25) is 0 Å². The van der Waals surface area contributed by atoms with Crippen LogP contribution in [0, 0.1) is 17.3 Å². The van der Waals surface area contributed by atoms with Gasteiger partial charge in [0.15, 0.2) is 0 Å². The summed E-state index contributed by atoms with van der Waals surface area (Å²) in [4.78, 5) is 0. The average molecular weight is 357 g/mol. The highest BCUT2D eigenvalue weighted by atomic mass is 14.3. The van der Waals surface area contributed by atoms with Crippen molar-refractivity contribution in [1.29, 1.82) is 0 Å². The molecule has 0 aliphatic carbocycles. The zero-order chi connectivity index (χ0) is 15.8. The molecule has 0 unspecified atom stereocenters. The summed E-state index contributed by atoms with van der Waals surface area (Å²) in [5.74, 6) is 1.58. The molecule has 0 rings (SSSR count). The second-order valence-electron chi connectivity index (χ2n) is 5.84. The van der Waals surface area contributed by atoms with Crippen LogP contribution in [0.1, 0.15) is 147 Å². The van der Waals surface area contributed by atoms with E-state index in [-0.39, 0.29) is 44.6 Å². The number of unbranched alkanes of at least 4 members (excludes halogenated alkanes) is 1. The number of hydrogen-bond donors (Lipinski definition) is 0. The van der Waals surface area contributed by atoms with Gasteiger partial charge in [-0.25, -0.2) is 0 Å². The molecular formula is C24H68. The first-order valence-electron chi connectivity index (χ1n) is 8.22. The van der Waals surface area contributed by atoms with Crippen molar-refractivity contribution in [2.45, 2.75) is 147 Å². The van der Waals surface area contributed by atoms with E-state index in [1.165, 1.54) is 19.3 Å². The molecule has 0 N–H and O–H groups in total. The summed E-state index contributed by atoms with van der Waals surface area (Å²) in [6, 6.07) is 0. The first-order chi connectivity index (χ1) is 8.22. The minimum atomic E-state index is 0. The third-order valence-corrected chi connectivity index (χ3v) is 3.48. The van der Waals surface area contributed by atoms with Crippen molar-refractivity contribution in [2.75, 3.05) is 0 Å². The first-order valence-corrected chi connectivity index (χ1v) is 8.22. The molecule has 0 radical (unpaired) electrons. The molecule has 0 aromatic carbocycles. The van der Waals surface area contributed by atoms with Gasteiger partial charge in [-0.3, -0.25) is 0 Å². The average Bonchev–Trinajstić information content (AvgIpc) is 2.32. The third-order valence-electron chi connectivity index (χ3n) is 3.48. The van der Waals surface area contributed by atoms with Gasteiger partial charge < -0.3 is 0 Å². The molecule has 0 aliphatic heterocycles. The Labute approximate surface area is 164 Å². The largest absolute Gasteiger partial charge is 0.0776 e. The van der Waals surface area contributed by atoms with Crippen molar-refractivity contribution in [2.24, 2.45) is 17.3 Å². The molecule has 24 heavy (non-hydrogen) atoms. The normalized spacial score (nSPS) is 7.25. The van der Waals surface area contributed by atoms with E-state index >= 15 is 0 Å². The maximum absolute atomic E-state index is 2.34. The Morgan fingerprint density at radius 2 is 0.667 bits per heavy atom. The van der Waals surface area contributed by atoms with Gasteiger partial charge in [-0.15, -0.1) is 0 Å². The molecular weight excluding hydrogens is 288 g/mol. The van der Waals surface area contributed by atoms with Gasteiger partial charge in [0.05, 0.1) is 0 Å². The molecule has 0 saturated heterocycles. The molecule has 0 aliphatic rings. The van der Waals surface area contributed by atoms with Crippen molar-refractivity contribution in [3.63, 3.8) is 0 Å². The minimum Gasteiger partial charge on any atom is -0.0776 e. The fourth-order valence-electron chi connectivity index (χ4n) is 0.667. The number of hydrogen-bond acceptors (Lipinski definition) is 0. The van der Waals surface area contributed by atoms with E-state index in [0.717, 1.165) is 11.8 Å². The van der Waals surface area contributed by atoms with Gasteiger partial charge in [0.1, 0.15) is 0 Å². The van der Waals surface area contributed by atoms with E-state index in [4.69, 9.17) is 0 Å². The molecule has 0 aromatic heterocycles. The smallest absolute Gasteiger partial charge is 0.0308 e. The maximum atomic E-state index is 2.34. The monoisotopic (exact) mass is 357 g/mol. The first kappa shape index (κ1) is 64.8. The van der Waals surface area contributed by atoms with Crippen molar-refractivity contribution in [3.8, 4) is 0 Å². The Bertz CT molecular complexity index is 97.2. The Morgan fingerprint density at radius 1 is 0.542 bits per heavy atom. The highest BCUT2D eigenvalue weighted by Gasteiger charge is 2.25. The lowest BCUT2D eigenvalue weighted by Gasteiger charge is -2.33. The van der Waals surface area contributed by atoms with Gasteiger partial charge in [-0.2, -0.15) is 0 Å². The fourth-order valence-corrected chi connectivity index (χ4v) is 0.667. The second kappa shape index (κ2) is 49.5. The van der Waals surface area contributed by atoms with Crippen LogP contribution in [0.15, 0.2) is 0 Å². The van der Waals surface area contributed by atoms with Crippen LogP contribution >= 0.6 is 0 Å². The molecule has 0 nitrogen and oxygen atoms in total. The van der Waals surface area contributed by atoms with Crippen LogP contribution in [0.3, 0.4) is 0 Å². The van der Waals surface area contributed by atoms with Crippen LogP contribution in [0.25, 0.3) is 0 Å². The highest BCUT2D eigenvalue weighted by Crippen LogP contribution is 2.33. The molecule has 0 heteroatoms. The molecule has 0 saturated carbocycles. The van der Waals surface area contributed by atoms with E-state index in [1.54, 1.807) is 0 Å². The van der Waals surface area contributed by atoms with E-state index in [2.05, 4.69) is 69.2 Å². The molecule has 0 spiro atoms. The molecule has 0 heterocycles. The quantitative estimate of drug-likeness (QED) is 0.471. The SMILES string of the molecule is C.C.C.C.C.C.CC.CC(C)C(C)(C)C(C)C.CCC.CCCC. The van der Waals surface area contributed by atoms with E-state index in [9.17, 15) is 0 Å². The topological polar surface area (TPSA) is 0 Å². The highest BCUT2D eigenvalue weighted by molar-refractivity contribution is 4.75. The lowest BCUT2D eigenvalue weighted by molar-refractivity contribution is 0.165. The third kappa shape index (κ3) is 57.4. The Balaban J connectivity index is -0.0000000144. The lowest BCUT2D eigenvalue weighted by atomic mass is 9.72. The van der Waals surface area contributed by atoms with Crippen LogP contribution in [0.4, 0.5) is 0 Å². The summed E-state index contributed by atoms with van der Waals surface area (Å²) < 4.78 is 0. The molecule has 164 valence electrons. The standard InChI is InChI=1S/C9H20.C4H10.C3H8.C2H6.6CH4/c1-7(2)9(5,6)8(3)4;1-3-4-2;1-3-2;1-2;;;;;;/h7-8H,1-6H3;3-4H2,1-2H3;3H2,1-2H3;1-2H3;6*1H4. The number of rotatable bonds is 3. The van der Waals surface area contributed by atoms with Crippen molar-refractivity contribution >= 4 is 0 Å². The lowest BCUT2D eigenvalue weighted by Crippen LogP contribution is -2.25. The van der Waals surface area contributed by atoms with E-state index < -0.39 is 0 Å². The molecule has 0 bridgehead atoms. The van der Waals surface area contributed by atoms with Gasteiger partial charge in [0.25, 0.3) is 0 Å². The molecule has 0 fully saturated rings. The predicted molar refractivity (Wildman–Crippen MR) is 132 cm³/mol. The zero-order valence-electron chi connectivity index (χ0n) is 15.8. The van der Waals surface area contributed by atoms with E-state index in [1.807, 2.05) is 13.8 Å². The van der Waals surface area contributed by atoms with Gasteiger partial charge in [0, 0.05) is 0 Å². The minimum absolute atomic E-state index is 0. The van der Waals surface area contributed by atoms with Crippen LogP contribution in [0.2, 0.25) is 0 Å². The van der Waals surface area contributed by atoms with Crippen LogP contribution in [-0.4, -0.2) is 0 Å². The fraction of sp³-hybridized carbons (Fsp3) is 1.00. The van der Waals surface area contributed by atoms with Gasteiger partial charge in [-0.05, 0) is 17.3 Å². The molecule has 0 amide bonds. The van der Waals surface area contributed by atoms with Crippen LogP contribution < -0.4 is 0 Å². The Hall–Kier alpha value is 0. The van der Waals surface area contributed by atoms with E-state index in [0.29, 0.717) is 5.41 Å². The molecule has 0 atom stereocenters. The van der Waals surface area contributed by atoms with Gasteiger partial charge in [-0.1, -0.05) is 147 Å². The van der Waals surface area contributed by atoms with Crippen molar-refractivity contribution in [1.82, 2.24) is 0 Å². The Morgan fingerprint density at radius 3 is 0.667 bits per heavy atom. The van der Waals surface area contributed by atoms with Crippen LogP contribution in [-0.2, 0) is 0 Å². The zero-order valence-corrected chi connectivity index (χ0v) is 15.8. The molecule has 0 aromatic rings. The van der Waals surface area contributed by atoms with Crippen LogP contribution in [0.5, 0.6) is 0 Å². The maximum Gasteiger partial charge on any atom is -0.0308 e. The van der Waals surface area contributed by atoms with Gasteiger partial charge >= 0.3 is 0 Å². The summed E-state index contributed by atoms with van der Waals surface area (Å²) in [5.41, 5.74) is 0.500. The summed E-state index contributed by atoms with van der Waals surface area (Å²) in [6.07, 6.45) is 3.89. The van der Waals surface area contributed by atoms with Crippen molar-refractivity contribution in [3.05, 3.63) is 0 Å². The summed E-state index contributed by atoms with van der Waals surface area (Å²) >= 11 is 0. The summed E-state index contributed by atoms with van der Waals surface area (Å²) in [6.45, 7) is 26.4. The summed E-state index contributed by atoms with van der Waals surface area (Å²) in [5, 5.41) is 0. The predicted octanol–water partition coefficient (Wildman–Crippen LogP) is 11.4. The Kier molecular flexibility index (Phi) is 134. The second-order valence-corrected chi connectivity index (χ2v) is 5.84. The van der Waals surface area contributed by atoms with Crippen molar-refractivity contribution < 1.29 is 0 Å².